The monoisotopic (exact) mass is 250 g/mol. The second-order valence-corrected chi connectivity index (χ2v) is 4.36. The summed E-state index contributed by atoms with van der Waals surface area (Å²) in [7, 11) is 0. The summed E-state index contributed by atoms with van der Waals surface area (Å²) < 4.78 is 9.77. The van der Waals surface area contributed by atoms with Crippen LogP contribution >= 0.6 is 0 Å². The molecule has 18 heavy (non-hydrogen) atoms. The molecule has 0 fully saturated rings. The van der Waals surface area contributed by atoms with Crippen molar-refractivity contribution < 1.29 is 18.7 Å². The largest absolute Gasteiger partial charge is 0.463 e. The van der Waals surface area contributed by atoms with Crippen molar-refractivity contribution in [3.05, 3.63) is 24.1 Å². The highest BCUT2D eigenvalue weighted by Gasteiger charge is 2.23. The summed E-state index contributed by atoms with van der Waals surface area (Å²) in [6.07, 6.45) is 1.50. The average molecular weight is 250 g/mol. The van der Waals surface area contributed by atoms with E-state index in [1.807, 2.05) is 0 Å². The molecule has 6 heteroatoms. The van der Waals surface area contributed by atoms with Crippen molar-refractivity contribution in [3.8, 4) is 0 Å². The van der Waals surface area contributed by atoms with Gasteiger partial charge in [0, 0.05) is 12.1 Å². The lowest BCUT2D eigenvalue weighted by atomic mass is 10.1. The van der Waals surface area contributed by atoms with Crippen molar-refractivity contribution >= 4 is 23.0 Å². The maximum atomic E-state index is 11.7. The molecule has 1 atom stereocenters. The van der Waals surface area contributed by atoms with Crippen LogP contribution in [0.1, 0.15) is 24.3 Å². The summed E-state index contributed by atoms with van der Waals surface area (Å²) in [4.78, 5) is 26.0. The SMILES string of the molecule is CC(C)C(N)C(=O)OC(=O)c1cc2occc2[nH]1. The number of hydrogen-bond acceptors (Lipinski definition) is 5. The predicted octanol–water partition coefficient (Wildman–Crippen LogP) is 1.43. The van der Waals surface area contributed by atoms with Gasteiger partial charge in [0.25, 0.3) is 0 Å². The molecule has 0 bridgehead atoms. The molecule has 2 aromatic heterocycles. The lowest BCUT2D eigenvalue weighted by Crippen LogP contribution is -2.38. The van der Waals surface area contributed by atoms with Crippen molar-refractivity contribution in [3.63, 3.8) is 0 Å². The Kier molecular flexibility index (Phi) is 3.20. The van der Waals surface area contributed by atoms with Crippen LogP contribution in [0.5, 0.6) is 0 Å². The number of ether oxygens (including phenoxy) is 1. The maximum absolute atomic E-state index is 11.7. The highest BCUT2D eigenvalue weighted by Crippen LogP contribution is 2.16. The lowest BCUT2D eigenvalue weighted by molar-refractivity contribution is -0.140. The fourth-order valence-corrected chi connectivity index (χ4v) is 1.44. The first-order valence-electron chi connectivity index (χ1n) is 5.57. The molecular formula is C12H14N2O4. The van der Waals surface area contributed by atoms with Gasteiger partial charge in [-0.05, 0) is 5.92 Å². The van der Waals surface area contributed by atoms with Crippen molar-refractivity contribution in [1.82, 2.24) is 4.98 Å². The summed E-state index contributed by atoms with van der Waals surface area (Å²) in [5.74, 6) is -1.59. The van der Waals surface area contributed by atoms with Crippen LogP contribution in [0.15, 0.2) is 22.8 Å². The van der Waals surface area contributed by atoms with Crippen LogP contribution in [0.3, 0.4) is 0 Å². The van der Waals surface area contributed by atoms with Gasteiger partial charge in [0.1, 0.15) is 11.7 Å². The molecule has 6 nitrogen and oxygen atoms in total. The molecular weight excluding hydrogens is 236 g/mol. The summed E-state index contributed by atoms with van der Waals surface area (Å²) in [5.41, 5.74) is 6.95. The first-order valence-corrected chi connectivity index (χ1v) is 5.57. The second kappa shape index (κ2) is 4.66. The number of esters is 2. The third-order valence-corrected chi connectivity index (χ3v) is 2.64. The van der Waals surface area contributed by atoms with Gasteiger partial charge < -0.3 is 19.9 Å². The topological polar surface area (TPSA) is 98.3 Å². The van der Waals surface area contributed by atoms with Crippen molar-refractivity contribution in [2.75, 3.05) is 0 Å². The van der Waals surface area contributed by atoms with Crippen LogP contribution in [-0.4, -0.2) is 23.0 Å². The molecule has 2 aromatic rings. The van der Waals surface area contributed by atoms with E-state index in [2.05, 4.69) is 9.72 Å². The molecule has 96 valence electrons. The number of H-pyrrole nitrogens is 1. The molecule has 0 radical (unpaired) electrons. The zero-order chi connectivity index (χ0) is 13.3. The number of carbonyl (C=O) groups excluding carboxylic acids is 2. The Balaban J connectivity index is 2.08. The second-order valence-electron chi connectivity index (χ2n) is 4.36. The molecule has 0 aromatic carbocycles. The van der Waals surface area contributed by atoms with E-state index in [1.165, 1.54) is 12.3 Å². The molecule has 0 aliphatic rings. The average Bonchev–Trinajstić information content (AvgIpc) is 2.87. The van der Waals surface area contributed by atoms with Gasteiger partial charge in [0.05, 0.1) is 11.8 Å². The van der Waals surface area contributed by atoms with E-state index in [1.54, 1.807) is 19.9 Å². The normalized spacial score (nSPS) is 12.9. The number of carbonyl (C=O) groups is 2. The quantitative estimate of drug-likeness (QED) is 0.634. The number of furan rings is 1. The minimum absolute atomic E-state index is 0.0924. The predicted molar refractivity (Wildman–Crippen MR) is 63.8 cm³/mol. The number of aromatic nitrogens is 1. The molecule has 1 unspecified atom stereocenters. The van der Waals surface area contributed by atoms with Gasteiger partial charge in [0.2, 0.25) is 0 Å². The molecule has 2 heterocycles. The molecule has 3 N–H and O–H groups in total. The number of nitrogens with one attached hydrogen (secondary N) is 1. The molecule has 0 aliphatic heterocycles. The van der Waals surface area contributed by atoms with Gasteiger partial charge in [-0.25, -0.2) is 9.59 Å². The van der Waals surface area contributed by atoms with Crippen LogP contribution in [-0.2, 0) is 9.53 Å². The van der Waals surface area contributed by atoms with Gasteiger partial charge in [-0.1, -0.05) is 13.8 Å². The zero-order valence-electron chi connectivity index (χ0n) is 10.1. The summed E-state index contributed by atoms with van der Waals surface area (Å²) in [6.45, 7) is 3.55. The lowest BCUT2D eigenvalue weighted by Gasteiger charge is -2.12. The van der Waals surface area contributed by atoms with Crippen molar-refractivity contribution in [1.29, 1.82) is 0 Å². The third kappa shape index (κ3) is 2.28. The number of rotatable bonds is 3. The molecule has 2 rings (SSSR count). The Hall–Kier alpha value is -2.08. The molecule has 0 saturated heterocycles. The van der Waals surface area contributed by atoms with Gasteiger partial charge in [-0.3, -0.25) is 0 Å². The Labute approximate surface area is 103 Å². The maximum Gasteiger partial charge on any atom is 0.362 e. The fourth-order valence-electron chi connectivity index (χ4n) is 1.44. The van der Waals surface area contributed by atoms with Gasteiger partial charge >= 0.3 is 11.9 Å². The Morgan fingerprint density at radius 3 is 2.78 bits per heavy atom. The van der Waals surface area contributed by atoms with Crippen LogP contribution in [0.4, 0.5) is 0 Å². The van der Waals surface area contributed by atoms with Crippen LogP contribution < -0.4 is 5.73 Å². The highest BCUT2D eigenvalue weighted by atomic mass is 16.6. The first kappa shape index (κ1) is 12.4. The number of aromatic amines is 1. The molecule has 0 saturated carbocycles. The Bertz CT molecular complexity index is 553. The standard InChI is InChI=1S/C12H14N2O4/c1-6(2)10(13)12(16)18-11(15)8-5-9-7(14-8)3-4-17-9/h3-6,10,14H,13H2,1-2H3. The Morgan fingerprint density at radius 2 is 2.17 bits per heavy atom. The number of nitrogens with two attached hydrogens (primary N) is 1. The zero-order valence-corrected chi connectivity index (χ0v) is 10.1. The van der Waals surface area contributed by atoms with E-state index in [4.69, 9.17) is 10.2 Å². The smallest absolute Gasteiger partial charge is 0.362 e. The van der Waals surface area contributed by atoms with E-state index in [9.17, 15) is 9.59 Å². The first-order chi connectivity index (χ1) is 8.49. The summed E-state index contributed by atoms with van der Waals surface area (Å²) >= 11 is 0. The molecule has 0 spiro atoms. The van der Waals surface area contributed by atoms with Gasteiger partial charge in [-0.2, -0.15) is 0 Å². The number of fused-ring (bicyclic) bond motifs is 1. The Morgan fingerprint density at radius 1 is 1.44 bits per heavy atom. The van der Waals surface area contributed by atoms with Crippen LogP contribution in [0.25, 0.3) is 11.1 Å². The fraction of sp³-hybridized carbons (Fsp3) is 0.333. The van der Waals surface area contributed by atoms with Crippen molar-refractivity contribution in [2.45, 2.75) is 19.9 Å². The molecule has 0 aliphatic carbocycles. The van der Waals surface area contributed by atoms with Gasteiger partial charge in [-0.15, -0.1) is 0 Å². The number of hydrogen-bond donors (Lipinski definition) is 2. The summed E-state index contributed by atoms with van der Waals surface area (Å²) in [6, 6.07) is 2.34. The minimum Gasteiger partial charge on any atom is -0.463 e. The van der Waals surface area contributed by atoms with E-state index < -0.39 is 18.0 Å². The minimum atomic E-state index is -0.813. The van der Waals surface area contributed by atoms with E-state index in [-0.39, 0.29) is 11.6 Å². The van der Waals surface area contributed by atoms with Crippen LogP contribution in [0, 0.1) is 5.92 Å². The van der Waals surface area contributed by atoms with Crippen LogP contribution in [0.2, 0.25) is 0 Å². The van der Waals surface area contributed by atoms with E-state index in [0.717, 1.165) is 0 Å². The third-order valence-electron chi connectivity index (χ3n) is 2.64. The summed E-state index contributed by atoms with van der Waals surface area (Å²) in [5, 5.41) is 0. The van der Waals surface area contributed by atoms with E-state index in [0.29, 0.717) is 11.1 Å². The van der Waals surface area contributed by atoms with E-state index >= 15 is 0 Å². The van der Waals surface area contributed by atoms with Gasteiger partial charge in [0.15, 0.2) is 5.58 Å². The highest BCUT2D eigenvalue weighted by molar-refractivity contribution is 5.99. The molecule has 0 amide bonds. The van der Waals surface area contributed by atoms with Crippen molar-refractivity contribution in [2.24, 2.45) is 11.7 Å².